The maximum Gasteiger partial charge on any atom is 0.285 e. The van der Waals surface area contributed by atoms with Gasteiger partial charge in [0.05, 0.1) is 0 Å². The van der Waals surface area contributed by atoms with Crippen molar-refractivity contribution in [1.82, 2.24) is 3.34 Å². The summed E-state index contributed by atoms with van der Waals surface area (Å²) in [6.07, 6.45) is 0. The second-order valence-corrected chi connectivity index (χ2v) is 7.01. The Kier molecular flexibility index (Phi) is 4.37. The molecule has 3 N–H and O–H groups in total. The van der Waals surface area contributed by atoms with Crippen LogP contribution >= 0.6 is 23.6 Å². The van der Waals surface area contributed by atoms with Crippen LogP contribution in [0.15, 0.2) is 0 Å². The molecule has 1 unspecified atom stereocenters. The average molecular weight is 273 g/mol. The Morgan fingerprint density at radius 1 is 1.31 bits per heavy atom. The fourth-order valence-corrected chi connectivity index (χ4v) is 3.50. The lowest BCUT2D eigenvalue weighted by Gasteiger charge is -2.13. The van der Waals surface area contributed by atoms with Crippen molar-refractivity contribution in [3.8, 4) is 0 Å². The molecular formula is C2H6Cl2N2O5S2. The van der Waals surface area contributed by atoms with Gasteiger partial charge < -0.3 is 5.73 Å². The molecular weight excluding hydrogens is 267 g/mol. The number of hydrogen-bond donors (Lipinski definition) is 2. The van der Waals surface area contributed by atoms with Crippen molar-refractivity contribution in [1.29, 1.82) is 0 Å². The van der Waals surface area contributed by atoms with E-state index in [9.17, 15) is 16.8 Å². The third-order valence-electron chi connectivity index (χ3n) is 1.05. The monoisotopic (exact) mass is 272 g/mol. The van der Waals surface area contributed by atoms with Crippen LogP contribution in [0.25, 0.3) is 0 Å². The first-order valence-corrected chi connectivity index (χ1v) is 6.34. The molecule has 0 aromatic heterocycles. The molecule has 0 aromatic carbocycles. The van der Waals surface area contributed by atoms with Crippen LogP contribution in [-0.2, 0) is 20.1 Å². The van der Waals surface area contributed by atoms with Gasteiger partial charge >= 0.3 is 0 Å². The predicted octanol–water partition coefficient (Wildman–Crippen LogP) is -0.902. The fraction of sp³-hybridized carbons (Fsp3) is 1.00. The highest BCUT2D eigenvalue weighted by atomic mass is 35.5. The van der Waals surface area contributed by atoms with Gasteiger partial charge in [-0.2, -0.15) is 8.42 Å². The molecule has 0 saturated carbocycles. The van der Waals surface area contributed by atoms with Gasteiger partial charge in [-0.3, -0.25) is 4.55 Å². The van der Waals surface area contributed by atoms with E-state index in [-0.39, 0.29) is 3.34 Å². The van der Waals surface area contributed by atoms with Gasteiger partial charge in [-0.05, 0) is 3.34 Å². The van der Waals surface area contributed by atoms with E-state index in [0.717, 1.165) is 0 Å². The van der Waals surface area contributed by atoms with Crippen LogP contribution in [0.5, 0.6) is 0 Å². The largest absolute Gasteiger partial charge is 0.328 e. The summed E-state index contributed by atoms with van der Waals surface area (Å²) < 4.78 is 48.6. The van der Waals surface area contributed by atoms with E-state index in [1.165, 1.54) is 0 Å². The summed E-state index contributed by atoms with van der Waals surface area (Å²) in [5.41, 5.74) is 4.82. The summed E-state index contributed by atoms with van der Waals surface area (Å²) in [5.74, 6) is 0. The van der Waals surface area contributed by atoms with E-state index >= 15 is 0 Å². The first kappa shape index (κ1) is 13.4. The maximum absolute atomic E-state index is 11.0. The standard InChI is InChI=1S/C2H6Cl2N2O5S2/c3-6(4)12(7,8)2(1-5)13(9,10)11/h2H,1,5H2,(H,9,10,11). The molecule has 11 heteroatoms. The van der Waals surface area contributed by atoms with Crippen LogP contribution in [0.4, 0.5) is 0 Å². The van der Waals surface area contributed by atoms with Crippen molar-refractivity contribution in [2.24, 2.45) is 5.73 Å². The zero-order valence-corrected chi connectivity index (χ0v) is 9.11. The highest BCUT2D eigenvalue weighted by Gasteiger charge is 2.39. The molecule has 0 aromatic rings. The van der Waals surface area contributed by atoms with Crippen LogP contribution in [0.2, 0.25) is 0 Å². The third kappa shape index (κ3) is 3.20. The van der Waals surface area contributed by atoms with Gasteiger partial charge in [0.15, 0.2) is 0 Å². The average Bonchev–Trinajstić information content (AvgIpc) is 1.83. The first-order valence-electron chi connectivity index (χ1n) is 2.66. The molecule has 0 heterocycles. The Hall–Kier alpha value is 0.360. The minimum atomic E-state index is -4.84. The zero-order chi connectivity index (χ0) is 10.9. The van der Waals surface area contributed by atoms with Crippen molar-refractivity contribution in [3.05, 3.63) is 0 Å². The Labute approximate surface area is 85.4 Å². The van der Waals surface area contributed by atoms with Gasteiger partial charge in [-0.15, -0.1) is 0 Å². The van der Waals surface area contributed by atoms with Crippen LogP contribution in [-0.4, -0.2) is 35.9 Å². The Balaban J connectivity index is 5.27. The summed E-state index contributed by atoms with van der Waals surface area (Å²) in [4.78, 5) is 0. The highest BCUT2D eigenvalue weighted by Crippen LogP contribution is 2.17. The highest BCUT2D eigenvalue weighted by molar-refractivity contribution is 8.06. The van der Waals surface area contributed by atoms with Crippen LogP contribution < -0.4 is 5.73 Å². The van der Waals surface area contributed by atoms with Crippen LogP contribution in [0, 0.1) is 0 Å². The van der Waals surface area contributed by atoms with E-state index in [2.05, 4.69) is 0 Å². The maximum atomic E-state index is 11.0. The summed E-state index contributed by atoms with van der Waals surface area (Å²) in [7, 11) is -9.39. The van der Waals surface area contributed by atoms with Gasteiger partial charge in [0, 0.05) is 30.1 Å². The molecule has 0 rings (SSSR count). The lowest BCUT2D eigenvalue weighted by atomic mass is 10.8. The fourth-order valence-electron chi connectivity index (χ4n) is 0.486. The second-order valence-electron chi connectivity index (χ2n) is 1.90. The van der Waals surface area contributed by atoms with Gasteiger partial charge in [-0.25, -0.2) is 8.42 Å². The molecule has 13 heavy (non-hydrogen) atoms. The number of hydrogen-bond acceptors (Lipinski definition) is 5. The molecule has 0 radical (unpaired) electrons. The summed E-state index contributed by atoms with van der Waals surface area (Å²) in [6.45, 7) is -0.850. The molecule has 80 valence electrons. The van der Waals surface area contributed by atoms with Gasteiger partial charge in [-0.1, -0.05) is 0 Å². The molecule has 0 amide bonds. The molecule has 0 aliphatic rings. The minimum absolute atomic E-state index is 0.363. The van der Waals surface area contributed by atoms with E-state index in [4.69, 9.17) is 33.8 Å². The Morgan fingerprint density at radius 2 is 1.69 bits per heavy atom. The smallest absolute Gasteiger partial charge is 0.285 e. The van der Waals surface area contributed by atoms with Gasteiger partial charge in [0.2, 0.25) is 4.58 Å². The molecule has 0 aliphatic carbocycles. The van der Waals surface area contributed by atoms with E-state index in [1.807, 2.05) is 0 Å². The van der Waals surface area contributed by atoms with E-state index < -0.39 is 31.3 Å². The Bertz CT molecular complexity index is 360. The number of rotatable bonds is 4. The van der Waals surface area contributed by atoms with Crippen molar-refractivity contribution >= 4 is 43.7 Å². The molecule has 0 bridgehead atoms. The molecule has 0 fully saturated rings. The molecule has 0 spiro atoms. The van der Waals surface area contributed by atoms with Gasteiger partial charge in [0.1, 0.15) is 0 Å². The summed E-state index contributed by atoms with van der Waals surface area (Å²) >= 11 is 9.66. The van der Waals surface area contributed by atoms with Crippen LogP contribution in [0.1, 0.15) is 0 Å². The van der Waals surface area contributed by atoms with Crippen molar-refractivity contribution < 1.29 is 21.4 Å². The van der Waals surface area contributed by atoms with Gasteiger partial charge in [0.25, 0.3) is 20.1 Å². The molecule has 0 aliphatic heterocycles. The van der Waals surface area contributed by atoms with Crippen molar-refractivity contribution in [2.75, 3.05) is 6.54 Å². The van der Waals surface area contributed by atoms with E-state index in [1.54, 1.807) is 0 Å². The first-order chi connectivity index (χ1) is 5.64. The number of nitrogens with zero attached hydrogens (tertiary/aromatic N) is 1. The number of sulfonamides is 1. The Morgan fingerprint density at radius 3 is 1.77 bits per heavy atom. The second kappa shape index (κ2) is 4.26. The summed E-state index contributed by atoms with van der Waals surface area (Å²) in [5, 5.41) is 0. The number of halogens is 2. The minimum Gasteiger partial charge on any atom is -0.328 e. The van der Waals surface area contributed by atoms with Crippen molar-refractivity contribution in [3.63, 3.8) is 0 Å². The predicted molar refractivity (Wildman–Crippen MR) is 46.9 cm³/mol. The lowest BCUT2D eigenvalue weighted by molar-refractivity contribution is 0.475. The zero-order valence-electron chi connectivity index (χ0n) is 5.96. The SMILES string of the molecule is NCC(S(=O)(=O)O)S(=O)(=O)N(Cl)Cl. The molecule has 7 nitrogen and oxygen atoms in total. The van der Waals surface area contributed by atoms with E-state index in [0.29, 0.717) is 0 Å². The quantitative estimate of drug-likeness (QED) is 0.506. The number of nitrogens with two attached hydrogens (primary N) is 1. The lowest BCUT2D eigenvalue weighted by Crippen LogP contribution is -2.40. The van der Waals surface area contributed by atoms with Crippen molar-refractivity contribution in [2.45, 2.75) is 4.58 Å². The molecule has 1 atom stereocenters. The molecule has 0 saturated heterocycles. The van der Waals surface area contributed by atoms with Crippen LogP contribution in [0.3, 0.4) is 0 Å². The normalized spacial score (nSPS) is 16.1. The third-order valence-corrected chi connectivity index (χ3v) is 5.76. The topological polar surface area (TPSA) is 118 Å². The summed E-state index contributed by atoms with van der Waals surface area (Å²) in [6, 6.07) is 0.